The fourth-order valence-electron chi connectivity index (χ4n) is 5.13. The van der Waals surface area contributed by atoms with Crippen LogP contribution in [0.15, 0.2) is 66.9 Å². The zero-order valence-electron chi connectivity index (χ0n) is 20.6. The molecule has 6 nitrogen and oxygen atoms in total. The number of hydrogen-bond acceptors (Lipinski definition) is 6. The van der Waals surface area contributed by atoms with Gasteiger partial charge in [0.2, 0.25) is 5.95 Å². The van der Waals surface area contributed by atoms with E-state index in [1.807, 2.05) is 30.5 Å². The van der Waals surface area contributed by atoms with Gasteiger partial charge in [0.15, 0.2) is 0 Å². The van der Waals surface area contributed by atoms with Crippen LogP contribution in [-0.2, 0) is 13.2 Å². The molecule has 2 fully saturated rings. The first kappa shape index (κ1) is 23.6. The quantitative estimate of drug-likeness (QED) is 0.467. The zero-order chi connectivity index (χ0) is 23.7. The number of ether oxygens (including phenoxy) is 1. The van der Waals surface area contributed by atoms with Crippen LogP contribution < -0.4 is 15.0 Å². The van der Waals surface area contributed by atoms with E-state index in [1.54, 1.807) is 0 Å². The Balaban J connectivity index is 1.15. The van der Waals surface area contributed by atoms with Crippen LogP contribution in [-0.4, -0.2) is 47.1 Å². The van der Waals surface area contributed by atoms with Gasteiger partial charge < -0.3 is 15.0 Å². The van der Waals surface area contributed by atoms with Gasteiger partial charge in [0.1, 0.15) is 18.2 Å². The lowest BCUT2D eigenvalue weighted by molar-refractivity contribution is 0.208. The first-order valence-electron chi connectivity index (χ1n) is 13.1. The van der Waals surface area contributed by atoms with Crippen molar-refractivity contribution in [3.8, 4) is 5.75 Å². The lowest BCUT2D eigenvalue weighted by Crippen LogP contribution is -2.42. The SMILES string of the molecule is c1ccc(COc2cccc(CN3CCCC(Nc4nccc(N5CCCCCC5)n4)C3)c2)cc1. The second-order valence-corrected chi connectivity index (χ2v) is 9.78. The number of nitrogens with zero attached hydrogens (tertiary/aromatic N) is 4. The predicted octanol–water partition coefficient (Wildman–Crippen LogP) is 5.51. The number of rotatable bonds is 8. The van der Waals surface area contributed by atoms with Crippen LogP contribution in [0.2, 0.25) is 0 Å². The minimum absolute atomic E-state index is 0.362. The molecule has 35 heavy (non-hydrogen) atoms. The minimum atomic E-state index is 0.362. The summed E-state index contributed by atoms with van der Waals surface area (Å²) in [6, 6.07) is 21.2. The molecule has 2 aromatic carbocycles. The van der Waals surface area contributed by atoms with E-state index in [1.165, 1.54) is 43.2 Å². The number of nitrogens with one attached hydrogen (secondary N) is 1. The molecule has 0 spiro atoms. The molecule has 2 aliphatic heterocycles. The Morgan fingerprint density at radius 1 is 0.857 bits per heavy atom. The summed E-state index contributed by atoms with van der Waals surface area (Å²) in [6.45, 7) is 5.82. The molecule has 1 N–H and O–H groups in total. The lowest BCUT2D eigenvalue weighted by atomic mass is 10.0. The van der Waals surface area contributed by atoms with Gasteiger partial charge in [-0.15, -0.1) is 0 Å². The van der Waals surface area contributed by atoms with Crippen LogP contribution in [0.5, 0.6) is 5.75 Å². The fourth-order valence-corrected chi connectivity index (χ4v) is 5.13. The number of piperidine rings is 1. The third kappa shape index (κ3) is 6.95. The van der Waals surface area contributed by atoms with Crippen molar-refractivity contribution in [3.63, 3.8) is 0 Å². The number of benzene rings is 2. The maximum Gasteiger partial charge on any atom is 0.224 e. The van der Waals surface area contributed by atoms with Crippen molar-refractivity contribution in [2.45, 2.75) is 57.7 Å². The second kappa shape index (κ2) is 12.0. The first-order valence-corrected chi connectivity index (χ1v) is 13.1. The van der Waals surface area contributed by atoms with Gasteiger partial charge in [-0.05, 0) is 61.6 Å². The molecule has 1 aromatic heterocycles. The van der Waals surface area contributed by atoms with Gasteiger partial charge in [-0.2, -0.15) is 4.98 Å². The van der Waals surface area contributed by atoms with Gasteiger partial charge in [0.05, 0.1) is 0 Å². The van der Waals surface area contributed by atoms with E-state index in [4.69, 9.17) is 9.72 Å². The van der Waals surface area contributed by atoms with Crippen LogP contribution in [0, 0.1) is 0 Å². The van der Waals surface area contributed by atoms with Gasteiger partial charge >= 0.3 is 0 Å². The third-order valence-electron chi connectivity index (χ3n) is 6.96. The molecule has 3 aromatic rings. The number of hydrogen-bond donors (Lipinski definition) is 1. The van der Waals surface area contributed by atoms with Gasteiger partial charge in [-0.1, -0.05) is 55.3 Å². The molecule has 184 valence electrons. The summed E-state index contributed by atoms with van der Waals surface area (Å²) >= 11 is 0. The molecule has 3 heterocycles. The first-order chi connectivity index (χ1) is 17.3. The highest BCUT2D eigenvalue weighted by atomic mass is 16.5. The van der Waals surface area contributed by atoms with Gasteiger partial charge in [0.25, 0.3) is 0 Å². The predicted molar refractivity (Wildman–Crippen MR) is 142 cm³/mol. The summed E-state index contributed by atoms with van der Waals surface area (Å²) in [4.78, 5) is 14.3. The monoisotopic (exact) mass is 471 g/mol. The molecular weight excluding hydrogens is 434 g/mol. The molecule has 0 amide bonds. The molecule has 2 saturated heterocycles. The van der Waals surface area contributed by atoms with E-state index in [2.05, 4.69) is 56.5 Å². The average Bonchev–Trinajstić information content (AvgIpc) is 3.19. The zero-order valence-corrected chi connectivity index (χ0v) is 20.6. The van der Waals surface area contributed by atoms with Crippen molar-refractivity contribution in [1.29, 1.82) is 0 Å². The minimum Gasteiger partial charge on any atom is -0.489 e. The van der Waals surface area contributed by atoms with Crippen LogP contribution in [0.25, 0.3) is 0 Å². The molecule has 0 radical (unpaired) electrons. The smallest absolute Gasteiger partial charge is 0.224 e. The van der Waals surface area contributed by atoms with Crippen LogP contribution in [0.1, 0.15) is 49.7 Å². The molecule has 2 aliphatic rings. The van der Waals surface area contributed by atoms with E-state index in [0.717, 1.165) is 56.7 Å². The highest BCUT2D eigenvalue weighted by molar-refractivity contribution is 5.43. The lowest BCUT2D eigenvalue weighted by Gasteiger charge is -2.33. The second-order valence-electron chi connectivity index (χ2n) is 9.78. The van der Waals surface area contributed by atoms with E-state index >= 15 is 0 Å². The Kier molecular flexibility index (Phi) is 8.11. The molecular formula is C29H37N5O. The van der Waals surface area contributed by atoms with Crippen molar-refractivity contribution in [1.82, 2.24) is 14.9 Å². The third-order valence-corrected chi connectivity index (χ3v) is 6.96. The molecule has 1 unspecified atom stereocenters. The van der Waals surface area contributed by atoms with Crippen molar-refractivity contribution >= 4 is 11.8 Å². The van der Waals surface area contributed by atoms with Crippen molar-refractivity contribution in [2.75, 3.05) is 36.4 Å². The number of aromatic nitrogens is 2. The summed E-state index contributed by atoms with van der Waals surface area (Å²) in [5.74, 6) is 2.75. The number of likely N-dealkylation sites (tertiary alicyclic amines) is 1. The molecule has 0 aliphatic carbocycles. The Morgan fingerprint density at radius 3 is 2.54 bits per heavy atom. The van der Waals surface area contributed by atoms with Crippen LogP contribution in [0.3, 0.4) is 0 Å². The van der Waals surface area contributed by atoms with Crippen LogP contribution >= 0.6 is 0 Å². The standard InChI is InChI=1S/C29H37N5O/c1-2-7-19-34(18-6-1)28-15-16-30-29(32-28)31-26-13-9-17-33(22-26)21-25-12-8-14-27(20-25)35-23-24-10-4-3-5-11-24/h3-5,8,10-12,14-16,20,26H,1-2,6-7,9,13,17-19,21-23H2,(H,30,31,32). The number of anilines is 2. The largest absolute Gasteiger partial charge is 0.489 e. The summed E-state index contributed by atoms with van der Waals surface area (Å²) in [5.41, 5.74) is 2.47. The van der Waals surface area contributed by atoms with Crippen molar-refractivity contribution < 1.29 is 4.74 Å². The molecule has 1 atom stereocenters. The van der Waals surface area contributed by atoms with E-state index < -0.39 is 0 Å². The fraction of sp³-hybridized carbons (Fsp3) is 0.448. The summed E-state index contributed by atoms with van der Waals surface area (Å²) in [5, 5.41) is 3.63. The van der Waals surface area contributed by atoms with Crippen molar-refractivity contribution in [2.24, 2.45) is 0 Å². The molecule has 0 bridgehead atoms. The Hall–Kier alpha value is -3.12. The maximum absolute atomic E-state index is 6.04. The van der Waals surface area contributed by atoms with Gasteiger partial charge in [-0.25, -0.2) is 4.98 Å². The Bertz CT molecular complexity index is 1050. The van der Waals surface area contributed by atoms with Gasteiger partial charge in [-0.3, -0.25) is 4.90 Å². The maximum atomic E-state index is 6.04. The van der Waals surface area contributed by atoms with E-state index in [9.17, 15) is 0 Å². The Labute approximate surface area is 209 Å². The molecule has 6 heteroatoms. The molecule has 5 rings (SSSR count). The average molecular weight is 472 g/mol. The summed E-state index contributed by atoms with van der Waals surface area (Å²) < 4.78 is 6.04. The van der Waals surface area contributed by atoms with E-state index in [0.29, 0.717) is 12.6 Å². The van der Waals surface area contributed by atoms with Crippen LogP contribution in [0.4, 0.5) is 11.8 Å². The highest BCUT2D eigenvalue weighted by Gasteiger charge is 2.21. The van der Waals surface area contributed by atoms with Gasteiger partial charge in [0, 0.05) is 38.4 Å². The van der Waals surface area contributed by atoms with Crippen molar-refractivity contribution in [3.05, 3.63) is 78.0 Å². The molecule has 0 saturated carbocycles. The topological polar surface area (TPSA) is 53.5 Å². The summed E-state index contributed by atoms with van der Waals surface area (Å²) in [6.07, 6.45) is 9.38. The highest BCUT2D eigenvalue weighted by Crippen LogP contribution is 2.22. The summed E-state index contributed by atoms with van der Waals surface area (Å²) in [7, 11) is 0. The Morgan fingerprint density at radius 2 is 1.69 bits per heavy atom. The normalized spacial score (nSPS) is 19.2. The van der Waals surface area contributed by atoms with E-state index in [-0.39, 0.29) is 0 Å².